The summed E-state index contributed by atoms with van der Waals surface area (Å²) in [7, 11) is 0. The summed E-state index contributed by atoms with van der Waals surface area (Å²) in [6.45, 7) is 0. The van der Waals surface area contributed by atoms with Gasteiger partial charge in [0.1, 0.15) is 11.2 Å². The maximum Gasteiger partial charge on any atom is 0.326 e. The third-order valence-electron chi connectivity index (χ3n) is 2.31. The van der Waals surface area contributed by atoms with Gasteiger partial charge in [0, 0.05) is 0 Å². The zero-order valence-electron chi connectivity index (χ0n) is 7.11. The van der Waals surface area contributed by atoms with Crippen molar-refractivity contribution < 1.29 is 9.90 Å². The van der Waals surface area contributed by atoms with E-state index in [0.29, 0.717) is 18.5 Å². The van der Waals surface area contributed by atoms with Gasteiger partial charge in [0.15, 0.2) is 0 Å². The normalized spacial score (nSPS) is 19.4. The van der Waals surface area contributed by atoms with Crippen LogP contribution in [-0.4, -0.2) is 20.6 Å². The Balaban J connectivity index is 2.64. The third kappa shape index (κ3) is 1.21. The maximum absolute atomic E-state index is 11.4. The Morgan fingerprint density at radius 1 is 1.71 bits per heavy atom. The number of rotatable bonds is 1. The fourth-order valence-corrected chi connectivity index (χ4v) is 1.92. The summed E-state index contributed by atoms with van der Waals surface area (Å²) in [6.07, 6.45) is 1.93. The highest BCUT2D eigenvalue weighted by Crippen LogP contribution is 2.27. The minimum absolute atomic E-state index is 0.216. The Bertz CT molecular complexity index is 454. The molecule has 2 heterocycles. The van der Waals surface area contributed by atoms with E-state index >= 15 is 0 Å². The van der Waals surface area contributed by atoms with Gasteiger partial charge >= 0.3 is 5.97 Å². The van der Waals surface area contributed by atoms with E-state index < -0.39 is 17.6 Å². The molecule has 0 amide bonds. The number of carboxylic acid groups (broad SMARTS) is 1. The van der Waals surface area contributed by atoms with Crippen molar-refractivity contribution in [1.29, 1.82) is 0 Å². The Labute approximate surface area is 84.0 Å². The van der Waals surface area contributed by atoms with Gasteiger partial charge in [0.25, 0.3) is 5.56 Å². The molecule has 0 spiro atoms. The average Bonchev–Trinajstić information content (AvgIpc) is 2.56. The van der Waals surface area contributed by atoms with Crippen molar-refractivity contribution in [3.63, 3.8) is 0 Å². The van der Waals surface area contributed by atoms with Crippen LogP contribution >= 0.6 is 11.6 Å². The van der Waals surface area contributed by atoms with Crippen LogP contribution in [0, 0.1) is 0 Å². The molecule has 0 radical (unpaired) electrons. The molecule has 0 fully saturated rings. The van der Waals surface area contributed by atoms with Crippen LogP contribution in [-0.2, 0) is 11.2 Å². The lowest BCUT2D eigenvalue weighted by Crippen LogP contribution is -2.27. The Hall–Kier alpha value is -1.36. The van der Waals surface area contributed by atoms with Crippen LogP contribution in [0.4, 0.5) is 0 Å². The van der Waals surface area contributed by atoms with Crippen LogP contribution in [0.3, 0.4) is 0 Å². The van der Waals surface area contributed by atoms with Gasteiger partial charge in [-0.05, 0) is 12.8 Å². The molecule has 0 aromatic carbocycles. The van der Waals surface area contributed by atoms with Crippen LogP contribution in [0.25, 0.3) is 0 Å². The smallest absolute Gasteiger partial charge is 0.326 e. The van der Waals surface area contributed by atoms with Crippen LogP contribution in [0.2, 0.25) is 5.15 Å². The van der Waals surface area contributed by atoms with E-state index in [4.69, 9.17) is 16.7 Å². The molecule has 1 aromatic rings. The first kappa shape index (κ1) is 9.21. The molecular weight excluding hydrogens is 208 g/mol. The summed E-state index contributed by atoms with van der Waals surface area (Å²) in [6, 6.07) is -0.794. The molecule has 1 aliphatic rings. The topological polar surface area (TPSA) is 72.2 Å². The van der Waals surface area contributed by atoms with E-state index in [2.05, 4.69) is 4.98 Å². The van der Waals surface area contributed by atoms with E-state index in [1.807, 2.05) is 0 Å². The standard InChI is InChI=1S/C8H7ClN2O3/c9-7-4-1-2-5(8(13)14)11(4)6(12)3-10-7/h3,5H,1-2H2,(H,13,14). The fraction of sp³-hybridized carbons (Fsp3) is 0.375. The van der Waals surface area contributed by atoms with Gasteiger partial charge in [0.05, 0.1) is 11.9 Å². The second-order valence-corrected chi connectivity index (χ2v) is 3.45. The summed E-state index contributed by atoms with van der Waals surface area (Å²) in [5.74, 6) is -1.01. The Morgan fingerprint density at radius 2 is 2.43 bits per heavy atom. The molecule has 2 rings (SSSR count). The first-order chi connectivity index (χ1) is 6.61. The van der Waals surface area contributed by atoms with Crippen LogP contribution in [0.15, 0.2) is 11.0 Å². The van der Waals surface area contributed by atoms with Gasteiger partial charge in [-0.2, -0.15) is 0 Å². The first-order valence-electron chi connectivity index (χ1n) is 4.10. The van der Waals surface area contributed by atoms with Gasteiger partial charge in [-0.25, -0.2) is 9.78 Å². The zero-order chi connectivity index (χ0) is 10.3. The first-order valence-corrected chi connectivity index (χ1v) is 4.48. The number of carbonyl (C=O) groups is 1. The van der Waals surface area contributed by atoms with Gasteiger partial charge in [-0.3, -0.25) is 9.36 Å². The van der Waals surface area contributed by atoms with Crippen molar-refractivity contribution in [2.45, 2.75) is 18.9 Å². The summed E-state index contributed by atoms with van der Waals surface area (Å²) >= 11 is 5.75. The van der Waals surface area contributed by atoms with Crippen molar-refractivity contribution in [3.8, 4) is 0 Å². The van der Waals surface area contributed by atoms with Gasteiger partial charge in [-0.1, -0.05) is 11.6 Å². The van der Waals surface area contributed by atoms with E-state index in [-0.39, 0.29) is 5.15 Å². The minimum Gasteiger partial charge on any atom is -0.480 e. The molecule has 1 unspecified atom stereocenters. The van der Waals surface area contributed by atoms with Crippen LogP contribution in [0.5, 0.6) is 0 Å². The number of hydrogen-bond acceptors (Lipinski definition) is 3. The summed E-state index contributed by atoms with van der Waals surface area (Å²) in [4.78, 5) is 25.8. The number of aromatic nitrogens is 2. The quantitative estimate of drug-likeness (QED) is 0.738. The molecule has 14 heavy (non-hydrogen) atoms. The zero-order valence-corrected chi connectivity index (χ0v) is 7.86. The number of fused-ring (bicyclic) bond motifs is 1. The van der Waals surface area contributed by atoms with Crippen LogP contribution < -0.4 is 5.56 Å². The van der Waals surface area contributed by atoms with E-state index in [9.17, 15) is 9.59 Å². The Kier molecular flexibility index (Phi) is 2.03. The third-order valence-corrected chi connectivity index (χ3v) is 2.62. The molecule has 1 atom stereocenters. The van der Waals surface area contributed by atoms with Crippen LogP contribution in [0.1, 0.15) is 18.2 Å². The highest BCUT2D eigenvalue weighted by molar-refractivity contribution is 6.30. The van der Waals surface area contributed by atoms with Crippen molar-refractivity contribution in [2.24, 2.45) is 0 Å². The van der Waals surface area contributed by atoms with Crippen molar-refractivity contribution >= 4 is 17.6 Å². The van der Waals surface area contributed by atoms with E-state index in [1.165, 1.54) is 4.57 Å². The molecule has 5 nitrogen and oxygen atoms in total. The summed E-state index contributed by atoms with van der Waals surface area (Å²) in [5.41, 5.74) is 0.112. The highest BCUT2D eigenvalue weighted by Gasteiger charge is 2.30. The molecule has 0 aliphatic carbocycles. The second kappa shape index (κ2) is 3.09. The minimum atomic E-state index is -1.01. The lowest BCUT2D eigenvalue weighted by atomic mass is 10.2. The Morgan fingerprint density at radius 3 is 3.07 bits per heavy atom. The highest BCUT2D eigenvalue weighted by atomic mass is 35.5. The largest absolute Gasteiger partial charge is 0.480 e. The lowest BCUT2D eigenvalue weighted by Gasteiger charge is -2.08. The van der Waals surface area contributed by atoms with Gasteiger partial charge < -0.3 is 5.11 Å². The van der Waals surface area contributed by atoms with Crippen molar-refractivity contribution in [2.75, 3.05) is 0 Å². The maximum atomic E-state index is 11.4. The average molecular weight is 215 g/mol. The van der Waals surface area contributed by atoms with E-state index in [1.54, 1.807) is 0 Å². The molecule has 1 N–H and O–H groups in total. The molecule has 74 valence electrons. The lowest BCUT2D eigenvalue weighted by molar-refractivity contribution is -0.140. The SMILES string of the molecule is O=C(O)C1CCc2c(Cl)ncc(=O)n21. The number of halogens is 1. The molecule has 0 saturated carbocycles. The molecule has 0 bridgehead atoms. The predicted octanol–water partition coefficient (Wildman–Crippen LogP) is 0.469. The molecule has 1 aromatic heterocycles. The van der Waals surface area contributed by atoms with Gasteiger partial charge in [0.2, 0.25) is 0 Å². The van der Waals surface area contributed by atoms with Gasteiger partial charge in [-0.15, -0.1) is 0 Å². The fourth-order valence-electron chi connectivity index (χ4n) is 1.68. The van der Waals surface area contributed by atoms with E-state index in [0.717, 1.165) is 6.20 Å². The van der Waals surface area contributed by atoms with Crippen molar-refractivity contribution in [1.82, 2.24) is 9.55 Å². The molecule has 1 aliphatic heterocycles. The molecule has 0 saturated heterocycles. The number of hydrogen-bond donors (Lipinski definition) is 1. The number of nitrogens with zero attached hydrogens (tertiary/aromatic N) is 2. The molecule has 6 heteroatoms. The predicted molar refractivity (Wildman–Crippen MR) is 48.5 cm³/mol. The van der Waals surface area contributed by atoms with Crippen molar-refractivity contribution in [3.05, 3.63) is 27.4 Å². The summed E-state index contributed by atoms with van der Waals surface area (Å²) < 4.78 is 1.21. The second-order valence-electron chi connectivity index (χ2n) is 3.10. The molecular formula is C8H7ClN2O3. The number of aliphatic carboxylic acids is 1. The summed E-state index contributed by atoms with van der Waals surface area (Å²) in [5, 5.41) is 9.07. The number of carboxylic acids is 1. The monoisotopic (exact) mass is 214 g/mol.